The number of aromatic nitrogens is 1. The van der Waals surface area contributed by atoms with Crippen molar-refractivity contribution < 1.29 is 19.1 Å². The first kappa shape index (κ1) is 25.2. The van der Waals surface area contributed by atoms with Gasteiger partial charge in [0.15, 0.2) is 0 Å². The number of pyridine rings is 1. The maximum absolute atomic E-state index is 13.5. The minimum absolute atomic E-state index is 0.0898. The lowest BCUT2D eigenvalue weighted by Gasteiger charge is -2.31. The highest BCUT2D eigenvalue weighted by Crippen LogP contribution is 2.33. The van der Waals surface area contributed by atoms with Crippen molar-refractivity contribution in [2.24, 2.45) is 5.92 Å². The Bertz CT molecular complexity index is 953. The van der Waals surface area contributed by atoms with Gasteiger partial charge in [0.2, 0.25) is 5.91 Å². The number of nitrogens with zero attached hydrogens (tertiary/aromatic N) is 3. The van der Waals surface area contributed by atoms with Gasteiger partial charge in [0, 0.05) is 24.6 Å². The van der Waals surface area contributed by atoms with E-state index in [0.717, 1.165) is 5.56 Å². The second kappa shape index (κ2) is 10.7. The number of halogens is 1. The molecule has 8 nitrogen and oxygen atoms in total. The van der Waals surface area contributed by atoms with Gasteiger partial charge in [-0.05, 0) is 56.2 Å². The van der Waals surface area contributed by atoms with Gasteiger partial charge in [0.1, 0.15) is 28.1 Å². The van der Waals surface area contributed by atoms with Crippen LogP contribution in [-0.4, -0.2) is 71.2 Å². The molecule has 1 fully saturated rings. The molecule has 3 heterocycles. The molecule has 2 aliphatic rings. The van der Waals surface area contributed by atoms with Crippen molar-refractivity contribution in [2.75, 3.05) is 32.1 Å². The number of hydrogen-bond acceptors (Lipinski definition) is 6. The first-order valence-corrected chi connectivity index (χ1v) is 11.7. The van der Waals surface area contributed by atoms with E-state index < -0.39 is 23.8 Å². The third-order valence-electron chi connectivity index (χ3n) is 5.47. The Hall–Kier alpha value is -2.41. The molecule has 1 saturated heterocycles. The molecule has 1 aromatic rings. The molecule has 0 radical (unpaired) electrons. The molecule has 2 amide bonds. The lowest BCUT2D eigenvalue weighted by molar-refractivity contribution is -0.120. The van der Waals surface area contributed by atoms with Gasteiger partial charge in [-0.15, -0.1) is 6.42 Å². The van der Waals surface area contributed by atoms with Crippen LogP contribution in [0.4, 0.5) is 10.6 Å². The molecule has 33 heavy (non-hydrogen) atoms. The molecule has 1 N–H and O–H groups in total. The molecule has 1 aromatic heterocycles. The van der Waals surface area contributed by atoms with E-state index in [4.69, 9.17) is 15.9 Å². The third-order valence-corrected chi connectivity index (χ3v) is 5.92. The highest BCUT2D eigenvalue weighted by atomic mass is 79.9. The van der Waals surface area contributed by atoms with E-state index in [1.54, 1.807) is 26.8 Å². The van der Waals surface area contributed by atoms with Gasteiger partial charge in [0.25, 0.3) is 0 Å². The first-order valence-electron chi connectivity index (χ1n) is 10.9. The third kappa shape index (κ3) is 6.56. The fourth-order valence-electron chi connectivity index (χ4n) is 4.05. The Labute approximate surface area is 203 Å². The molecule has 0 aromatic carbocycles. The zero-order chi connectivity index (χ0) is 24.2. The normalized spacial score (nSPS) is 25.8. The first-order chi connectivity index (χ1) is 15.6. The average Bonchev–Trinajstić information content (AvgIpc) is 3.08. The summed E-state index contributed by atoms with van der Waals surface area (Å²) in [7, 11) is 1.99. The molecule has 9 heteroatoms. The predicted molar refractivity (Wildman–Crippen MR) is 129 cm³/mol. The Balaban J connectivity index is 1.98. The van der Waals surface area contributed by atoms with Crippen LogP contribution in [0.1, 0.15) is 32.8 Å². The fraction of sp³-hybridized carbons (Fsp3) is 0.542. The van der Waals surface area contributed by atoms with E-state index in [0.29, 0.717) is 36.5 Å². The summed E-state index contributed by atoms with van der Waals surface area (Å²) in [5.41, 5.74) is 0.0170. The number of rotatable bonds is 0. The summed E-state index contributed by atoms with van der Waals surface area (Å²) in [6.07, 6.45) is 9.71. The van der Waals surface area contributed by atoms with Crippen LogP contribution in [0.2, 0.25) is 0 Å². The number of anilines is 1. The Morgan fingerprint density at radius 2 is 2.12 bits per heavy atom. The number of likely N-dealkylation sites (tertiary alicyclic amines) is 1. The van der Waals surface area contributed by atoms with Crippen LogP contribution in [0.3, 0.4) is 0 Å². The highest BCUT2D eigenvalue weighted by Gasteiger charge is 2.48. The van der Waals surface area contributed by atoms with E-state index in [1.165, 1.54) is 4.90 Å². The zero-order valence-corrected chi connectivity index (χ0v) is 21.1. The van der Waals surface area contributed by atoms with Gasteiger partial charge in [-0.2, -0.15) is 0 Å². The summed E-state index contributed by atoms with van der Waals surface area (Å²) < 4.78 is 11.9. The van der Waals surface area contributed by atoms with Crippen molar-refractivity contribution in [3.63, 3.8) is 0 Å². The summed E-state index contributed by atoms with van der Waals surface area (Å²) in [5, 5.41) is 2.89. The van der Waals surface area contributed by atoms with Gasteiger partial charge >= 0.3 is 6.09 Å². The van der Waals surface area contributed by atoms with Crippen molar-refractivity contribution in [3.8, 4) is 12.3 Å². The number of hydrogen-bond donors (Lipinski definition) is 1. The van der Waals surface area contributed by atoms with Crippen LogP contribution < -0.4 is 5.32 Å². The van der Waals surface area contributed by atoms with Gasteiger partial charge in [-0.25, -0.2) is 9.78 Å². The van der Waals surface area contributed by atoms with E-state index in [1.807, 2.05) is 25.3 Å². The van der Waals surface area contributed by atoms with Crippen LogP contribution in [-0.2, 0) is 20.9 Å². The maximum atomic E-state index is 13.5. The number of amides is 2. The number of fused-ring (bicyclic) bond motifs is 3. The minimum atomic E-state index is -0.783. The standard InChI is InChI=1S/C24H31BrN4O4/c1-6-18-17-13-19(29(18)23(31)33-24(2,3)4)22(30)27-21-16(9-10-20(25)26-21)15-32-12-8-7-11-28(5)14-17/h1,7-10,17-19H,11-15H2,2-5H3,(H,26,27,30)/b8-7+/t17-,18-,19+/m1/s1. The smallest absolute Gasteiger partial charge is 0.412 e. The average molecular weight is 519 g/mol. The molecular formula is C24H31BrN4O4. The van der Waals surface area contributed by atoms with Crippen molar-refractivity contribution in [3.05, 3.63) is 34.5 Å². The highest BCUT2D eigenvalue weighted by molar-refractivity contribution is 9.10. The van der Waals surface area contributed by atoms with Crippen molar-refractivity contribution >= 4 is 33.7 Å². The Morgan fingerprint density at radius 1 is 1.36 bits per heavy atom. The molecule has 2 bridgehead atoms. The van der Waals surface area contributed by atoms with E-state index in [2.05, 4.69) is 37.1 Å². The Morgan fingerprint density at radius 3 is 2.82 bits per heavy atom. The number of carbonyl (C=O) groups is 2. The van der Waals surface area contributed by atoms with Crippen molar-refractivity contribution in [1.82, 2.24) is 14.8 Å². The van der Waals surface area contributed by atoms with E-state index in [9.17, 15) is 9.59 Å². The molecule has 0 spiro atoms. The predicted octanol–water partition coefficient (Wildman–Crippen LogP) is 3.43. The minimum Gasteiger partial charge on any atom is -0.444 e. The SMILES string of the molecule is C#C[C@@H]1[C@@H]2C[C@@H](C(=O)Nc3nc(Br)ccc3COC/C=C/CN(C)C2)N1C(=O)OC(C)(C)C. The van der Waals surface area contributed by atoms with Crippen LogP contribution in [0.15, 0.2) is 28.9 Å². The molecule has 178 valence electrons. The van der Waals surface area contributed by atoms with E-state index >= 15 is 0 Å². The molecule has 3 rings (SSSR count). The monoisotopic (exact) mass is 518 g/mol. The summed E-state index contributed by atoms with van der Waals surface area (Å²) in [4.78, 5) is 34.6. The van der Waals surface area contributed by atoms with Crippen molar-refractivity contribution in [1.29, 1.82) is 0 Å². The largest absolute Gasteiger partial charge is 0.444 e. The summed E-state index contributed by atoms with van der Waals surface area (Å²) in [6, 6.07) is 2.29. The summed E-state index contributed by atoms with van der Waals surface area (Å²) in [6.45, 7) is 7.42. The van der Waals surface area contributed by atoms with Gasteiger partial charge in [-0.3, -0.25) is 9.69 Å². The summed E-state index contributed by atoms with van der Waals surface area (Å²) >= 11 is 3.36. The van der Waals surface area contributed by atoms with Crippen LogP contribution >= 0.6 is 15.9 Å². The number of likely N-dealkylation sites (N-methyl/N-ethyl adjacent to an activating group) is 1. The van der Waals surface area contributed by atoms with Crippen molar-refractivity contribution in [2.45, 2.75) is 51.5 Å². The molecular weight excluding hydrogens is 488 g/mol. The summed E-state index contributed by atoms with van der Waals surface area (Å²) in [5.74, 6) is 2.68. The topological polar surface area (TPSA) is 84.0 Å². The fourth-order valence-corrected chi connectivity index (χ4v) is 4.36. The van der Waals surface area contributed by atoms with Gasteiger partial charge in [-0.1, -0.05) is 24.1 Å². The lowest BCUT2D eigenvalue weighted by Crippen LogP contribution is -2.49. The molecule has 0 unspecified atom stereocenters. The Kier molecular flexibility index (Phi) is 8.16. The second-order valence-electron chi connectivity index (χ2n) is 9.35. The van der Waals surface area contributed by atoms with Crippen LogP contribution in [0.25, 0.3) is 0 Å². The van der Waals surface area contributed by atoms with Crippen LogP contribution in [0.5, 0.6) is 0 Å². The van der Waals surface area contributed by atoms with Crippen LogP contribution in [0, 0.1) is 18.3 Å². The zero-order valence-electron chi connectivity index (χ0n) is 19.5. The van der Waals surface area contributed by atoms with Gasteiger partial charge < -0.3 is 19.7 Å². The quantitative estimate of drug-likeness (QED) is 0.321. The number of ether oxygens (including phenoxy) is 2. The molecule has 3 atom stereocenters. The molecule has 0 saturated carbocycles. The van der Waals surface area contributed by atoms with Gasteiger partial charge in [0.05, 0.1) is 13.2 Å². The molecule has 0 aliphatic carbocycles. The number of terminal acetylenes is 1. The number of carbonyl (C=O) groups excluding carboxylic acids is 2. The number of nitrogens with one attached hydrogen (secondary N) is 1. The lowest BCUT2D eigenvalue weighted by atomic mass is 9.98. The molecule has 2 aliphatic heterocycles. The maximum Gasteiger partial charge on any atom is 0.412 e. The van der Waals surface area contributed by atoms with E-state index in [-0.39, 0.29) is 18.4 Å². The second-order valence-corrected chi connectivity index (χ2v) is 10.2.